The fourth-order valence-electron chi connectivity index (χ4n) is 1.22. The van der Waals surface area contributed by atoms with Gasteiger partial charge in [-0.3, -0.25) is 4.89 Å². The van der Waals surface area contributed by atoms with Gasteiger partial charge in [0.05, 0.1) is 18.8 Å². The van der Waals surface area contributed by atoms with Crippen LogP contribution < -0.4 is 4.74 Å². The van der Waals surface area contributed by atoms with E-state index in [-0.39, 0.29) is 5.41 Å². The third kappa shape index (κ3) is 6.25. The first-order valence-corrected chi connectivity index (χ1v) is 6.49. The van der Waals surface area contributed by atoms with Crippen LogP contribution in [-0.4, -0.2) is 19.2 Å². The lowest BCUT2D eigenvalue weighted by molar-refractivity contribution is -0.255. The van der Waals surface area contributed by atoms with Gasteiger partial charge in [0.2, 0.25) is 0 Å². The second kappa shape index (κ2) is 7.14. The van der Waals surface area contributed by atoms with Crippen LogP contribution in [0.25, 0.3) is 0 Å². The highest BCUT2D eigenvalue weighted by atomic mass is 17.2. The minimum Gasteiger partial charge on any atom is -0.494 e. The summed E-state index contributed by atoms with van der Waals surface area (Å²) in [6.45, 7) is 9.06. The van der Waals surface area contributed by atoms with Crippen molar-refractivity contribution < 1.29 is 19.3 Å². The van der Waals surface area contributed by atoms with Crippen LogP contribution in [0.2, 0.25) is 0 Å². The molecule has 0 spiro atoms. The molecule has 19 heavy (non-hydrogen) atoms. The molecule has 0 aliphatic carbocycles. The average molecular weight is 266 g/mol. The SMILES string of the molecule is CCCOc1ccc(C(=O)OOCC(C)(C)C)cc1. The number of rotatable bonds is 6. The Morgan fingerprint density at radius 1 is 1.16 bits per heavy atom. The number of carbonyl (C=O) groups excluding carboxylic acids is 1. The quantitative estimate of drug-likeness (QED) is 0.583. The molecule has 4 heteroatoms. The van der Waals surface area contributed by atoms with E-state index in [0.717, 1.165) is 12.2 Å². The molecule has 0 unspecified atom stereocenters. The van der Waals surface area contributed by atoms with Crippen LogP contribution in [0.15, 0.2) is 24.3 Å². The van der Waals surface area contributed by atoms with E-state index >= 15 is 0 Å². The maximum Gasteiger partial charge on any atom is 0.373 e. The Balaban J connectivity index is 2.44. The van der Waals surface area contributed by atoms with E-state index in [0.29, 0.717) is 18.8 Å². The van der Waals surface area contributed by atoms with Gasteiger partial charge in [0.15, 0.2) is 0 Å². The summed E-state index contributed by atoms with van der Waals surface area (Å²) in [5, 5.41) is 0. The Labute approximate surface area is 114 Å². The molecule has 4 nitrogen and oxygen atoms in total. The van der Waals surface area contributed by atoms with E-state index in [2.05, 4.69) is 0 Å². The summed E-state index contributed by atoms with van der Waals surface area (Å²) in [6, 6.07) is 6.81. The van der Waals surface area contributed by atoms with E-state index in [1.807, 2.05) is 27.7 Å². The minimum atomic E-state index is -0.494. The van der Waals surface area contributed by atoms with Gasteiger partial charge >= 0.3 is 5.97 Å². The first-order chi connectivity index (χ1) is 8.92. The Bertz CT molecular complexity index is 390. The van der Waals surface area contributed by atoms with Gasteiger partial charge in [-0.15, -0.1) is 0 Å². The summed E-state index contributed by atoms with van der Waals surface area (Å²) in [4.78, 5) is 21.3. The van der Waals surface area contributed by atoms with Gasteiger partial charge in [0.25, 0.3) is 0 Å². The largest absolute Gasteiger partial charge is 0.494 e. The first kappa shape index (κ1) is 15.5. The van der Waals surface area contributed by atoms with E-state index in [1.54, 1.807) is 24.3 Å². The molecule has 0 aromatic heterocycles. The van der Waals surface area contributed by atoms with Crippen molar-refractivity contribution in [1.82, 2.24) is 0 Å². The first-order valence-electron chi connectivity index (χ1n) is 6.49. The molecule has 1 aromatic rings. The van der Waals surface area contributed by atoms with Crippen molar-refractivity contribution in [3.05, 3.63) is 29.8 Å². The number of hydrogen-bond donors (Lipinski definition) is 0. The molecule has 0 N–H and O–H groups in total. The normalized spacial score (nSPS) is 11.2. The van der Waals surface area contributed by atoms with Crippen LogP contribution in [0, 0.1) is 5.41 Å². The molecule has 0 fully saturated rings. The van der Waals surface area contributed by atoms with Gasteiger partial charge < -0.3 is 4.74 Å². The monoisotopic (exact) mass is 266 g/mol. The van der Waals surface area contributed by atoms with Crippen molar-refractivity contribution >= 4 is 5.97 Å². The Morgan fingerprint density at radius 2 is 1.79 bits per heavy atom. The fourth-order valence-corrected chi connectivity index (χ4v) is 1.22. The highest BCUT2D eigenvalue weighted by molar-refractivity contribution is 5.89. The molecule has 0 aliphatic heterocycles. The van der Waals surface area contributed by atoms with Crippen LogP contribution >= 0.6 is 0 Å². The smallest absolute Gasteiger partial charge is 0.373 e. The van der Waals surface area contributed by atoms with Gasteiger partial charge in [-0.1, -0.05) is 27.7 Å². The number of benzene rings is 1. The van der Waals surface area contributed by atoms with E-state index in [4.69, 9.17) is 14.5 Å². The van der Waals surface area contributed by atoms with Crippen LogP contribution in [0.1, 0.15) is 44.5 Å². The summed E-state index contributed by atoms with van der Waals surface area (Å²) in [5.74, 6) is 0.250. The number of carbonyl (C=O) groups is 1. The van der Waals surface area contributed by atoms with E-state index in [1.165, 1.54) is 0 Å². The summed E-state index contributed by atoms with van der Waals surface area (Å²) in [6.07, 6.45) is 0.949. The van der Waals surface area contributed by atoms with Crippen LogP contribution in [0.5, 0.6) is 5.75 Å². The zero-order chi connectivity index (χ0) is 14.3. The standard InChI is InChI=1S/C15H22O4/c1-5-10-17-13-8-6-12(7-9-13)14(16)19-18-11-15(2,3)4/h6-9H,5,10-11H2,1-4H3. The van der Waals surface area contributed by atoms with Crippen LogP contribution in [0.3, 0.4) is 0 Å². The molecule has 1 rings (SSSR count). The van der Waals surface area contributed by atoms with Gasteiger partial charge in [0.1, 0.15) is 5.75 Å². The topological polar surface area (TPSA) is 44.8 Å². The molecular formula is C15H22O4. The minimum absolute atomic E-state index is 0.0435. The van der Waals surface area contributed by atoms with Gasteiger partial charge in [0, 0.05) is 0 Å². The second-order valence-electron chi connectivity index (χ2n) is 5.57. The lowest BCUT2D eigenvalue weighted by atomic mass is 9.99. The third-order valence-electron chi connectivity index (χ3n) is 2.19. The second-order valence-corrected chi connectivity index (χ2v) is 5.57. The molecule has 0 radical (unpaired) electrons. The highest BCUT2D eigenvalue weighted by Crippen LogP contribution is 2.15. The zero-order valence-corrected chi connectivity index (χ0v) is 12.1. The Hall–Kier alpha value is -1.55. The van der Waals surface area contributed by atoms with Gasteiger partial charge in [-0.25, -0.2) is 4.79 Å². The van der Waals surface area contributed by atoms with Crippen LogP contribution in [0.4, 0.5) is 0 Å². The summed E-state index contributed by atoms with van der Waals surface area (Å²) in [7, 11) is 0. The summed E-state index contributed by atoms with van der Waals surface area (Å²) in [5.41, 5.74) is 0.399. The fraction of sp³-hybridized carbons (Fsp3) is 0.533. The maximum absolute atomic E-state index is 11.7. The number of ether oxygens (including phenoxy) is 1. The molecule has 0 saturated heterocycles. The molecule has 1 aromatic carbocycles. The van der Waals surface area contributed by atoms with E-state index in [9.17, 15) is 4.79 Å². The average Bonchev–Trinajstić information content (AvgIpc) is 2.35. The molecule has 0 atom stereocenters. The molecule has 0 heterocycles. The molecule has 0 aliphatic rings. The van der Waals surface area contributed by atoms with Crippen molar-refractivity contribution in [2.75, 3.05) is 13.2 Å². The molecule has 0 amide bonds. The van der Waals surface area contributed by atoms with Crippen molar-refractivity contribution in [3.8, 4) is 5.75 Å². The molecule has 0 bridgehead atoms. The summed E-state index contributed by atoms with van der Waals surface area (Å²) < 4.78 is 5.43. The van der Waals surface area contributed by atoms with Crippen molar-refractivity contribution in [2.45, 2.75) is 34.1 Å². The van der Waals surface area contributed by atoms with Crippen molar-refractivity contribution in [1.29, 1.82) is 0 Å². The highest BCUT2D eigenvalue weighted by Gasteiger charge is 2.14. The molecule has 106 valence electrons. The predicted octanol–water partition coefficient (Wildman–Crippen LogP) is 3.61. The Morgan fingerprint density at radius 3 is 2.32 bits per heavy atom. The van der Waals surface area contributed by atoms with E-state index < -0.39 is 5.97 Å². The number of hydrogen-bond acceptors (Lipinski definition) is 4. The van der Waals surface area contributed by atoms with Crippen LogP contribution in [-0.2, 0) is 9.78 Å². The van der Waals surface area contributed by atoms with Gasteiger partial charge in [-0.2, -0.15) is 4.89 Å². The lowest BCUT2D eigenvalue weighted by Gasteiger charge is -2.16. The van der Waals surface area contributed by atoms with Crippen molar-refractivity contribution in [2.24, 2.45) is 5.41 Å². The maximum atomic E-state index is 11.7. The zero-order valence-electron chi connectivity index (χ0n) is 12.1. The van der Waals surface area contributed by atoms with Crippen molar-refractivity contribution in [3.63, 3.8) is 0 Å². The molecule has 0 saturated carbocycles. The summed E-state index contributed by atoms with van der Waals surface area (Å²) >= 11 is 0. The molecular weight excluding hydrogens is 244 g/mol. The lowest BCUT2D eigenvalue weighted by Crippen LogP contribution is -2.17. The predicted molar refractivity (Wildman–Crippen MR) is 73.1 cm³/mol. The van der Waals surface area contributed by atoms with Gasteiger partial charge in [-0.05, 0) is 36.1 Å². The Kier molecular flexibility index (Phi) is 5.83. The third-order valence-corrected chi connectivity index (χ3v) is 2.19.